The maximum Gasteiger partial charge on any atom is 0.292 e. The normalized spacial score (nSPS) is 19.1. The van der Waals surface area contributed by atoms with Gasteiger partial charge < -0.3 is 20.6 Å². The van der Waals surface area contributed by atoms with Crippen LogP contribution in [-0.4, -0.2) is 34.8 Å². The number of thiophene rings is 1. The molecule has 1 aromatic heterocycles. The predicted octanol–water partition coefficient (Wildman–Crippen LogP) is 2.17. The van der Waals surface area contributed by atoms with Crippen molar-refractivity contribution < 1.29 is 14.7 Å². The number of fused-ring (bicyclic) bond motifs is 3. The second-order valence-corrected chi connectivity index (χ2v) is 6.85. The molecule has 1 aromatic rings. The Hall–Kier alpha value is -2.28. The molecule has 0 saturated heterocycles. The zero-order valence-electron chi connectivity index (χ0n) is 13.1. The lowest BCUT2D eigenvalue weighted by molar-refractivity contribution is -0.133. The van der Waals surface area contributed by atoms with Crippen molar-refractivity contribution in [3.63, 3.8) is 0 Å². The first-order valence-electron chi connectivity index (χ1n) is 7.42. The first kappa shape index (κ1) is 15.6. The number of nitrogens with zero attached hydrogens (tertiary/aromatic N) is 1. The standard InChI is InChI=1S/C16H19N3O3S/c1-8-7-19-5-4-11-13(9(2)20)16(18-15(22)10(3)21)23-14(11)12(19)6-17-8/h7,12,17,20H,2,4-6H2,1,3H3,(H,18,22). The van der Waals surface area contributed by atoms with Gasteiger partial charge in [0, 0.05) is 36.8 Å². The number of carbonyl (C=O) groups excluding carboxylic acids is 2. The highest BCUT2D eigenvalue weighted by Crippen LogP contribution is 2.45. The van der Waals surface area contributed by atoms with Crippen molar-refractivity contribution >= 4 is 33.8 Å². The number of hydrogen-bond donors (Lipinski definition) is 3. The van der Waals surface area contributed by atoms with Crippen LogP contribution >= 0.6 is 11.3 Å². The van der Waals surface area contributed by atoms with Crippen LogP contribution < -0.4 is 10.6 Å². The van der Waals surface area contributed by atoms with E-state index in [-0.39, 0.29) is 11.8 Å². The number of nitrogens with one attached hydrogen (secondary N) is 2. The monoisotopic (exact) mass is 333 g/mol. The van der Waals surface area contributed by atoms with Gasteiger partial charge >= 0.3 is 0 Å². The van der Waals surface area contributed by atoms with E-state index in [9.17, 15) is 14.7 Å². The molecule has 0 fully saturated rings. The van der Waals surface area contributed by atoms with E-state index < -0.39 is 11.7 Å². The molecule has 1 atom stereocenters. The van der Waals surface area contributed by atoms with E-state index in [0.29, 0.717) is 10.6 Å². The summed E-state index contributed by atoms with van der Waals surface area (Å²) in [7, 11) is 0. The van der Waals surface area contributed by atoms with Crippen LogP contribution in [0.3, 0.4) is 0 Å². The zero-order chi connectivity index (χ0) is 16.7. The molecule has 1 amide bonds. The summed E-state index contributed by atoms with van der Waals surface area (Å²) in [6.07, 6.45) is 2.86. The van der Waals surface area contributed by atoms with Crippen LogP contribution in [0.1, 0.15) is 35.9 Å². The molecule has 0 bridgehead atoms. The number of allylic oxidation sites excluding steroid dienone is 1. The second-order valence-electron chi connectivity index (χ2n) is 5.80. The molecular weight excluding hydrogens is 314 g/mol. The fraction of sp³-hybridized carbons (Fsp3) is 0.375. The van der Waals surface area contributed by atoms with Gasteiger partial charge in [-0.2, -0.15) is 0 Å². The maximum atomic E-state index is 11.7. The van der Waals surface area contributed by atoms with Gasteiger partial charge in [0.2, 0.25) is 5.78 Å². The van der Waals surface area contributed by atoms with Crippen LogP contribution in [0.15, 0.2) is 18.5 Å². The number of rotatable bonds is 3. The zero-order valence-corrected chi connectivity index (χ0v) is 13.9. The van der Waals surface area contributed by atoms with E-state index in [2.05, 4.69) is 28.3 Å². The molecule has 0 aromatic carbocycles. The number of amides is 1. The van der Waals surface area contributed by atoms with Gasteiger partial charge in [-0.1, -0.05) is 6.58 Å². The van der Waals surface area contributed by atoms with Crippen LogP contribution in [-0.2, 0) is 16.0 Å². The number of aliphatic hydroxyl groups is 1. The van der Waals surface area contributed by atoms with Crippen LogP contribution in [0.25, 0.3) is 5.76 Å². The van der Waals surface area contributed by atoms with E-state index >= 15 is 0 Å². The van der Waals surface area contributed by atoms with Crippen molar-refractivity contribution in [3.8, 4) is 0 Å². The molecule has 0 aliphatic carbocycles. The average Bonchev–Trinajstić information content (AvgIpc) is 2.84. The van der Waals surface area contributed by atoms with Gasteiger partial charge in [-0.15, -0.1) is 11.3 Å². The molecular formula is C16H19N3O3S. The van der Waals surface area contributed by atoms with Crippen molar-refractivity contribution in [2.45, 2.75) is 26.3 Å². The summed E-state index contributed by atoms with van der Waals surface area (Å²) < 4.78 is 0. The summed E-state index contributed by atoms with van der Waals surface area (Å²) in [5.74, 6) is -1.32. The Morgan fingerprint density at radius 1 is 1.52 bits per heavy atom. The molecule has 2 aliphatic rings. The Labute approximate surface area is 138 Å². The fourth-order valence-corrected chi connectivity index (χ4v) is 4.44. The van der Waals surface area contributed by atoms with Gasteiger partial charge in [0.15, 0.2) is 0 Å². The summed E-state index contributed by atoms with van der Waals surface area (Å²) in [5.41, 5.74) is 2.70. The van der Waals surface area contributed by atoms with Crippen molar-refractivity contribution in [1.29, 1.82) is 0 Å². The fourth-order valence-electron chi connectivity index (χ4n) is 3.05. The lowest BCUT2D eigenvalue weighted by Crippen LogP contribution is -2.41. The minimum absolute atomic E-state index is 0.0784. The van der Waals surface area contributed by atoms with E-state index in [0.717, 1.165) is 35.6 Å². The highest BCUT2D eigenvalue weighted by molar-refractivity contribution is 7.17. The van der Waals surface area contributed by atoms with E-state index in [4.69, 9.17) is 0 Å². The topological polar surface area (TPSA) is 81.7 Å². The Balaban J connectivity index is 2.03. The highest BCUT2D eigenvalue weighted by Gasteiger charge is 2.34. The maximum absolute atomic E-state index is 11.7. The lowest BCUT2D eigenvalue weighted by atomic mass is 9.96. The molecule has 0 radical (unpaired) electrons. The number of Topliss-reactive ketones (excluding diaryl/α,β-unsaturated/α-hetero) is 1. The van der Waals surface area contributed by atoms with Crippen molar-refractivity contribution in [2.75, 3.05) is 18.4 Å². The summed E-state index contributed by atoms with van der Waals surface area (Å²) in [4.78, 5) is 26.3. The second kappa shape index (κ2) is 5.73. The van der Waals surface area contributed by atoms with E-state index in [1.54, 1.807) is 0 Å². The van der Waals surface area contributed by atoms with Crippen LogP contribution in [0.4, 0.5) is 5.00 Å². The van der Waals surface area contributed by atoms with Crippen molar-refractivity contribution in [1.82, 2.24) is 10.2 Å². The Morgan fingerprint density at radius 3 is 2.91 bits per heavy atom. The first-order chi connectivity index (χ1) is 10.9. The lowest BCUT2D eigenvalue weighted by Gasteiger charge is -2.39. The van der Waals surface area contributed by atoms with E-state index in [1.807, 2.05) is 6.92 Å². The molecule has 1 unspecified atom stereocenters. The van der Waals surface area contributed by atoms with Gasteiger partial charge in [0.25, 0.3) is 5.91 Å². The molecule has 0 spiro atoms. The van der Waals surface area contributed by atoms with Crippen molar-refractivity contribution in [2.24, 2.45) is 0 Å². The largest absolute Gasteiger partial charge is 0.508 e. The summed E-state index contributed by atoms with van der Waals surface area (Å²) in [6.45, 7) is 8.48. The summed E-state index contributed by atoms with van der Waals surface area (Å²) >= 11 is 1.41. The SMILES string of the molecule is C=C(O)c1c(NC(=O)C(C)=O)sc2c1CCN1C=C(C)NCC21. The number of ketones is 1. The minimum atomic E-state index is -0.680. The van der Waals surface area contributed by atoms with Gasteiger partial charge in [0.05, 0.1) is 11.6 Å². The van der Waals surface area contributed by atoms with Gasteiger partial charge in [-0.3, -0.25) is 9.59 Å². The molecule has 7 heteroatoms. The first-order valence-corrected chi connectivity index (χ1v) is 8.24. The van der Waals surface area contributed by atoms with Crippen molar-refractivity contribution in [3.05, 3.63) is 34.5 Å². The van der Waals surface area contributed by atoms with Gasteiger partial charge in [-0.05, 0) is 18.9 Å². The van der Waals surface area contributed by atoms with Crippen LogP contribution in [0, 0.1) is 0 Å². The molecule has 122 valence electrons. The highest BCUT2D eigenvalue weighted by atomic mass is 32.1. The van der Waals surface area contributed by atoms with E-state index in [1.165, 1.54) is 18.3 Å². The van der Waals surface area contributed by atoms with Gasteiger partial charge in [0.1, 0.15) is 10.8 Å². The average molecular weight is 333 g/mol. The molecule has 0 saturated carbocycles. The molecule has 2 aliphatic heterocycles. The smallest absolute Gasteiger partial charge is 0.292 e. The quantitative estimate of drug-likeness (QED) is 0.583. The van der Waals surface area contributed by atoms with Crippen LogP contribution in [0.2, 0.25) is 0 Å². The number of carbonyl (C=O) groups is 2. The third kappa shape index (κ3) is 2.72. The molecule has 3 rings (SSSR count). The Kier molecular flexibility index (Phi) is 3.89. The molecule has 6 nitrogen and oxygen atoms in total. The minimum Gasteiger partial charge on any atom is -0.508 e. The molecule has 3 N–H and O–H groups in total. The Bertz CT molecular complexity index is 735. The Morgan fingerprint density at radius 2 is 2.26 bits per heavy atom. The number of anilines is 1. The van der Waals surface area contributed by atoms with Crippen LogP contribution in [0.5, 0.6) is 0 Å². The van der Waals surface area contributed by atoms with Gasteiger partial charge in [-0.25, -0.2) is 0 Å². The number of hydrogen-bond acceptors (Lipinski definition) is 6. The third-order valence-electron chi connectivity index (χ3n) is 4.13. The summed E-state index contributed by atoms with van der Waals surface area (Å²) in [5, 5.41) is 16.4. The molecule has 23 heavy (non-hydrogen) atoms. The third-order valence-corrected chi connectivity index (χ3v) is 5.38. The predicted molar refractivity (Wildman–Crippen MR) is 90.2 cm³/mol. The molecule has 3 heterocycles. The summed E-state index contributed by atoms with van der Waals surface area (Å²) in [6, 6.07) is 0.161. The number of aliphatic hydroxyl groups excluding tert-OH is 1.